The van der Waals surface area contributed by atoms with Crippen LogP contribution < -0.4 is 0 Å². The van der Waals surface area contributed by atoms with E-state index < -0.39 is 30.0 Å². The number of rotatable bonds is 7. The Balaban J connectivity index is 2.70. The fraction of sp³-hybridized carbons (Fsp3) is 0.789. The highest BCUT2D eigenvalue weighted by atomic mass is 16.7. The van der Waals surface area contributed by atoms with Gasteiger partial charge in [-0.05, 0) is 55.4 Å². The second kappa shape index (κ2) is 9.10. The van der Waals surface area contributed by atoms with Crippen molar-refractivity contribution in [3.63, 3.8) is 0 Å². The van der Waals surface area contributed by atoms with Gasteiger partial charge in [0.2, 0.25) is 0 Å². The van der Waals surface area contributed by atoms with Crippen LogP contribution in [0.25, 0.3) is 0 Å². The van der Waals surface area contributed by atoms with E-state index in [2.05, 4.69) is 0 Å². The third-order valence-corrected chi connectivity index (χ3v) is 4.43. The van der Waals surface area contributed by atoms with E-state index in [0.717, 1.165) is 0 Å². The molecule has 0 saturated carbocycles. The van der Waals surface area contributed by atoms with Crippen LogP contribution in [0.5, 0.6) is 0 Å². The van der Waals surface area contributed by atoms with Crippen LogP contribution in [-0.2, 0) is 23.6 Å². The van der Waals surface area contributed by atoms with E-state index in [4.69, 9.17) is 18.8 Å². The molecule has 1 saturated heterocycles. The normalized spacial score (nSPS) is 18.6. The third-order valence-electron chi connectivity index (χ3n) is 4.43. The van der Waals surface area contributed by atoms with Crippen molar-refractivity contribution in [2.24, 2.45) is 0 Å². The maximum Gasteiger partial charge on any atom is 0.486 e. The summed E-state index contributed by atoms with van der Waals surface area (Å²) in [6.07, 6.45) is 1.42. The topological polar surface area (TPSA) is 74.3 Å². The van der Waals surface area contributed by atoms with E-state index in [-0.39, 0.29) is 25.5 Å². The maximum absolute atomic E-state index is 12.4. The average Bonchev–Trinajstić information content (AvgIpc) is 2.68. The largest absolute Gasteiger partial charge is 0.486 e. The van der Waals surface area contributed by atoms with Gasteiger partial charge >= 0.3 is 19.2 Å². The van der Waals surface area contributed by atoms with E-state index in [1.165, 1.54) is 4.90 Å². The number of amides is 1. The van der Waals surface area contributed by atoms with Crippen molar-refractivity contribution < 1.29 is 28.4 Å². The van der Waals surface area contributed by atoms with Gasteiger partial charge in [0.1, 0.15) is 5.60 Å². The quantitative estimate of drug-likeness (QED) is 0.496. The fourth-order valence-electron chi connectivity index (χ4n) is 2.31. The van der Waals surface area contributed by atoms with Gasteiger partial charge in [0.05, 0.1) is 24.2 Å². The predicted octanol–water partition coefficient (Wildman–Crippen LogP) is 3.36. The highest BCUT2D eigenvalue weighted by Crippen LogP contribution is 2.36. The van der Waals surface area contributed by atoms with Gasteiger partial charge in [-0.25, -0.2) is 4.79 Å². The molecule has 27 heavy (non-hydrogen) atoms. The molecule has 1 rings (SSSR count). The van der Waals surface area contributed by atoms with Crippen LogP contribution in [-0.4, -0.2) is 60.6 Å². The molecule has 0 bridgehead atoms. The molecule has 0 aromatic carbocycles. The van der Waals surface area contributed by atoms with Crippen molar-refractivity contribution in [2.75, 3.05) is 19.7 Å². The van der Waals surface area contributed by atoms with Gasteiger partial charge in [-0.3, -0.25) is 4.79 Å². The van der Waals surface area contributed by atoms with Gasteiger partial charge < -0.3 is 23.7 Å². The van der Waals surface area contributed by atoms with Gasteiger partial charge in [0.25, 0.3) is 0 Å². The number of carbonyl (C=O) groups excluding carboxylic acids is 2. The molecule has 0 N–H and O–H groups in total. The minimum atomic E-state index is -0.616. The van der Waals surface area contributed by atoms with E-state index in [1.807, 2.05) is 27.7 Å². The molecule has 154 valence electrons. The second-order valence-electron chi connectivity index (χ2n) is 8.53. The Morgan fingerprint density at radius 1 is 1.11 bits per heavy atom. The number of esters is 1. The lowest BCUT2D eigenvalue weighted by Crippen LogP contribution is -2.41. The summed E-state index contributed by atoms with van der Waals surface area (Å²) in [4.78, 5) is 25.5. The summed E-state index contributed by atoms with van der Waals surface area (Å²) in [5.41, 5.74) is -1.46. The molecule has 8 heteroatoms. The molecular weight excluding hydrogens is 349 g/mol. The molecule has 0 aliphatic carbocycles. The molecule has 1 fully saturated rings. The first-order valence-electron chi connectivity index (χ1n) is 9.43. The summed E-state index contributed by atoms with van der Waals surface area (Å²) in [6.45, 7) is 15.9. The van der Waals surface area contributed by atoms with Crippen LogP contribution in [0, 0.1) is 0 Å². The average molecular weight is 383 g/mol. The van der Waals surface area contributed by atoms with Gasteiger partial charge in [0.15, 0.2) is 0 Å². The van der Waals surface area contributed by atoms with Gasteiger partial charge in [-0.15, -0.1) is 0 Å². The minimum Gasteiger partial charge on any atom is -0.466 e. The Hall–Kier alpha value is -1.54. The number of hydrogen-bond acceptors (Lipinski definition) is 6. The number of carbonyl (C=O) groups is 2. The van der Waals surface area contributed by atoms with E-state index in [0.29, 0.717) is 6.61 Å². The van der Waals surface area contributed by atoms with E-state index in [9.17, 15) is 9.59 Å². The summed E-state index contributed by atoms with van der Waals surface area (Å²) in [6, 6.07) is 0. The van der Waals surface area contributed by atoms with Gasteiger partial charge in [-0.2, -0.15) is 0 Å². The highest BCUT2D eigenvalue weighted by molar-refractivity contribution is 6.51. The summed E-state index contributed by atoms with van der Waals surface area (Å²) in [5.74, 6) is 1.43. The summed E-state index contributed by atoms with van der Waals surface area (Å²) in [5, 5.41) is 0. The number of nitrogens with zero attached hydrogens (tertiary/aromatic N) is 1. The second-order valence-corrected chi connectivity index (χ2v) is 8.53. The lowest BCUT2D eigenvalue weighted by atomic mass is 9.90. The highest BCUT2D eigenvalue weighted by Gasteiger charge is 2.50. The Morgan fingerprint density at radius 3 is 2.15 bits per heavy atom. The van der Waals surface area contributed by atoms with Crippen LogP contribution in [0.2, 0.25) is 0 Å². The zero-order valence-corrected chi connectivity index (χ0v) is 18.0. The first-order valence-corrected chi connectivity index (χ1v) is 9.43. The number of ether oxygens (including phenoxy) is 2. The molecule has 7 nitrogen and oxygen atoms in total. The zero-order valence-electron chi connectivity index (χ0n) is 18.0. The monoisotopic (exact) mass is 383 g/mol. The standard InChI is InChI=1S/C19H34BNO6/c1-9-24-15(22)11-14-21(16(23)25-17(2,3)4)13-10-12-20-26-18(5,6)19(7,8)27-20/h10,12H,9,11,13-14H2,1-8H3/b12-10+. The lowest BCUT2D eigenvalue weighted by Gasteiger charge is -2.32. The molecule has 0 aromatic heterocycles. The van der Waals surface area contributed by atoms with Gasteiger partial charge in [-0.1, -0.05) is 12.1 Å². The molecular formula is C19H34BNO6. The summed E-state index contributed by atoms with van der Waals surface area (Å²) in [7, 11) is -0.486. The van der Waals surface area contributed by atoms with Gasteiger partial charge in [0, 0.05) is 13.1 Å². The van der Waals surface area contributed by atoms with Crippen LogP contribution in [0.1, 0.15) is 61.8 Å². The van der Waals surface area contributed by atoms with Crippen molar-refractivity contribution in [3.8, 4) is 0 Å². The molecule has 1 aliphatic rings. The first-order chi connectivity index (χ1) is 12.3. The van der Waals surface area contributed by atoms with Crippen LogP contribution >= 0.6 is 0 Å². The molecule has 1 amide bonds. The van der Waals surface area contributed by atoms with Crippen molar-refractivity contribution in [2.45, 2.75) is 78.6 Å². The molecule has 1 heterocycles. The minimum absolute atomic E-state index is 0.109. The Labute approximate surface area is 163 Å². The van der Waals surface area contributed by atoms with Crippen LogP contribution in [0.4, 0.5) is 4.79 Å². The summed E-state index contributed by atoms with van der Waals surface area (Å²) < 4.78 is 22.1. The smallest absolute Gasteiger partial charge is 0.466 e. The molecule has 0 unspecified atom stereocenters. The van der Waals surface area contributed by atoms with E-state index in [1.54, 1.807) is 39.7 Å². The van der Waals surface area contributed by atoms with Crippen molar-refractivity contribution in [1.82, 2.24) is 4.90 Å². The van der Waals surface area contributed by atoms with Crippen molar-refractivity contribution >= 4 is 19.2 Å². The third kappa shape index (κ3) is 7.54. The van der Waals surface area contributed by atoms with Crippen LogP contribution in [0.15, 0.2) is 12.1 Å². The molecule has 0 spiro atoms. The number of hydrogen-bond donors (Lipinski definition) is 0. The van der Waals surface area contributed by atoms with E-state index >= 15 is 0 Å². The Kier molecular flexibility index (Phi) is 7.93. The Morgan fingerprint density at radius 2 is 1.67 bits per heavy atom. The Bertz CT molecular complexity index is 537. The molecule has 0 radical (unpaired) electrons. The fourth-order valence-corrected chi connectivity index (χ4v) is 2.31. The summed E-state index contributed by atoms with van der Waals surface area (Å²) >= 11 is 0. The van der Waals surface area contributed by atoms with Crippen LogP contribution in [0.3, 0.4) is 0 Å². The molecule has 0 aromatic rings. The van der Waals surface area contributed by atoms with Crippen molar-refractivity contribution in [3.05, 3.63) is 12.1 Å². The zero-order chi connectivity index (χ0) is 20.9. The molecule has 0 atom stereocenters. The first kappa shape index (κ1) is 23.5. The predicted molar refractivity (Wildman–Crippen MR) is 104 cm³/mol. The lowest BCUT2D eigenvalue weighted by molar-refractivity contribution is -0.143. The molecule has 1 aliphatic heterocycles. The SMILES string of the molecule is CCOC(=O)CCN(C/C=C/B1OC(C)(C)C(C)(C)O1)C(=O)OC(C)(C)C. The van der Waals surface area contributed by atoms with Crippen molar-refractivity contribution in [1.29, 1.82) is 0 Å². The maximum atomic E-state index is 12.4.